The molecule has 4 aromatic heterocycles. The van der Waals surface area contributed by atoms with E-state index in [0.717, 1.165) is 93.5 Å². The molecule has 0 fully saturated rings. The van der Waals surface area contributed by atoms with E-state index in [2.05, 4.69) is 211 Å². The van der Waals surface area contributed by atoms with E-state index < -0.39 is 0 Å². The summed E-state index contributed by atoms with van der Waals surface area (Å²) in [5, 5.41) is 9.00. The maximum Gasteiger partial charge on any atom is 0.238 e. The van der Waals surface area contributed by atoms with Crippen LogP contribution in [0.1, 0.15) is 25.0 Å². The van der Waals surface area contributed by atoms with E-state index in [9.17, 15) is 0 Å². The van der Waals surface area contributed by atoms with E-state index in [0.29, 0.717) is 17.6 Å². The lowest BCUT2D eigenvalue weighted by atomic mass is 9.80. The van der Waals surface area contributed by atoms with Gasteiger partial charge in [-0.2, -0.15) is 9.97 Å². The van der Waals surface area contributed by atoms with Crippen LogP contribution in [-0.4, -0.2) is 24.1 Å². The van der Waals surface area contributed by atoms with Gasteiger partial charge in [0, 0.05) is 48.9 Å². The molecule has 1 aliphatic carbocycles. The monoisotopic (exact) mass is 895 g/mol. The highest BCUT2D eigenvalue weighted by Crippen LogP contribution is 2.52. The lowest BCUT2D eigenvalue weighted by Crippen LogP contribution is -2.17. The number of hydrogen-bond acceptors (Lipinski definition) is 4. The van der Waals surface area contributed by atoms with Gasteiger partial charge in [-0.3, -0.25) is 4.57 Å². The summed E-state index contributed by atoms with van der Waals surface area (Å²) in [5.41, 5.74) is 15.6. The molecule has 6 heteroatoms. The van der Waals surface area contributed by atoms with Crippen molar-refractivity contribution in [2.45, 2.75) is 19.3 Å². The first-order valence-corrected chi connectivity index (χ1v) is 23.9. The first-order chi connectivity index (χ1) is 34.5. The molecule has 0 saturated carbocycles. The van der Waals surface area contributed by atoms with Gasteiger partial charge in [-0.25, -0.2) is 4.98 Å². The Bertz CT molecular complexity index is 4510. The van der Waals surface area contributed by atoms with Crippen LogP contribution in [0.25, 0.3) is 133 Å². The Balaban J connectivity index is 1.08. The van der Waals surface area contributed by atoms with Crippen molar-refractivity contribution in [1.29, 1.82) is 0 Å². The summed E-state index contributed by atoms with van der Waals surface area (Å²) in [6.45, 7) is 4.63. The molecule has 6 nitrogen and oxygen atoms in total. The van der Waals surface area contributed by atoms with Crippen molar-refractivity contribution in [3.05, 3.63) is 223 Å². The molecule has 328 valence electrons. The van der Waals surface area contributed by atoms with Gasteiger partial charge in [-0.1, -0.05) is 190 Å². The van der Waals surface area contributed by atoms with Crippen LogP contribution in [-0.2, 0) is 5.41 Å². The number of furan rings is 1. The second kappa shape index (κ2) is 14.4. The van der Waals surface area contributed by atoms with E-state index in [1.54, 1.807) is 0 Å². The van der Waals surface area contributed by atoms with E-state index >= 15 is 0 Å². The SMILES string of the molecule is CC1(C)c2ccccc2-c2cccc(-c3nc(-c4ccccc4)nc(-n4c5ccccc5c5ccc6c7ccccc7n(-c7cc(-c8ccc9ccccc9c8)cc8c7oc7ccccc78)c6c54)n3)c21. The average Bonchev–Trinajstić information content (AvgIpc) is 4.14. The van der Waals surface area contributed by atoms with Gasteiger partial charge in [0.25, 0.3) is 0 Å². The van der Waals surface area contributed by atoms with Gasteiger partial charge < -0.3 is 8.98 Å². The van der Waals surface area contributed by atoms with Crippen molar-refractivity contribution in [3.63, 3.8) is 0 Å². The van der Waals surface area contributed by atoms with Crippen LogP contribution in [0, 0.1) is 0 Å². The molecule has 10 aromatic carbocycles. The first-order valence-electron chi connectivity index (χ1n) is 23.9. The van der Waals surface area contributed by atoms with Crippen molar-refractivity contribution < 1.29 is 4.42 Å². The fourth-order valence-corrected chi connectivity index (χ4v) is 11.8. The number of rotatable bonds is 5. The Hall–Kier alpha value is -9.13. The van der Waals surface area contributed by atoms with Crippen LogP contribution >= 0.6 is 0 Å². The zero-order valence-corrected chi connectivity index (χ0v) is 38.4. The average molecular weight is 896 g/mol. The predicted octanol–water partition coefficient (Wildman–Crippen LogP) is 16.4. The van der Waals surface area contributed by atoms with Crippen molar-refractivity contribution in [1.82, 2.24) is 24.1 Å². The summed E-state index contributed by atoms with van der Waals surface area (Å²) in [6.07, 6.45) is 0. The van der Waals surface area contributed by atoms with Crippen molar-refractivity contribution in [3.8, 4) is 56.7 Å². The second-order valence-electron chi connectivity index (χ2n) is 19.1. The summed E-state index contributed by atoms with van der Waals surface area (Å²) in [4.78, 5) is 16.5. The number of para-hydroxylation sites is 3. The maximum atomic E-state index is 7.00. The first kappa shape index (κ1) is 38.9. The topological polar surface area (TPSA) is 61.7 Å². The Labute approximate surface area is 402 Å². The highest BCUT2D eigenvalue weighted by Gasteiger charge is 2.38. The van der Waals surface area contributed by atoms with E-state index in [1.165, 1.54) is 33.0 Å². The summed E-state index contributed by atoms with van der Waals surface area (Å²) in [5.74, 6) is 1.79. The minimum Gasteiger partial charge on any atom is -0.454 e. The molecule has 1 aliphatic rings. The molecule has 0 radical (unpaired) electrons. The van der Waals surface area contributed by atoms with E-state index in [4.69, 9.17) is 19.4 Å². The van der Waals surface area contributed by atoms with Crippen LogP contribution < -0.4 is 0 Å². The molecule has 70 heavy (non-hydrogen) atoms. The predicted molar refractivity (Wildman–Crippen MR) is 287 cm³/mol. The maximum absolute atomic E-state index is 7.00. The summed E-state index contributed by atoms with van der Waals surface area (Å²) < 4.78 is 11.7. The molecular formula is C64H41N5O. The Morgan fingerprint density at radius 1 is 0.400 bits per heavy atom. The fraction of sp³-hybridized carbons (Fsp3) is 0.0469. The van der Waals surface area contributed by atoms with Crippen molar-refractivity contribution in [2.75, 3.05) is 0 Å². The van der Waals surface area contributed by atoms with Crippen LogP contribution in [0.4, 0.5) is 0 Å². The molecular weight excluding hydrogens is 855 g/mol. The van der Waals surface area contributed by atoms with Gasteiger partial charge in [0.1, 0.15) is 5.58 Å². The Morgan fingerprint density at radius 3 is 1.84 bits per heavy atom. The van der Waals surface area contributed by atoms with Gasteiger partial charge in [-0.15, -0.1) is 0 Å². The lowest BCUT2D eigenvalue weighted by molar-refractivity contribution is 0.661. The number of fused-ring (bicyclic) bond motifs is 14. The molecule has 14 aromatic rings. The number of benzene rings is 10. The van der Waals surface area contributed by atoms with Gasteiger partial charge in [0.15, 0.2) is 17.2 Å². The highest BCUT2D eigenvalue weighted by atomic mass is 16.3. The normalized spacial score (nSPS) is 13.1. The smallest absolute Gasteiger partial charge is 0.238 e. The van der Waals surface area contributed by atoms with E-state index in [-0.39, 0.29) is 5.41 Å². The fourth-order valence-electron chi connectivity index (χ4n) is 11.8. The third-order valence-electron chi connectivity index (χ3n) is 14.9. The molecule has 0 atom stereocenters. The second-order valence-corrected chi connectivity index (χ2v) is 19.1. The van der Waals surface area contributed by atoms with Gasteiger partial charge >= 0.3 is 0 Å². The van der Waals surface area contributed by atoms with Crippen LogP contribution in [0.5, 0.6) is 0 Å². The molecule has 0 unspecified atom stereocenters. The quantitative estimate of drug-likeness (QED) is 0.173. The largest absolute Gasteiger partial charge is 0.454 e. The van der Waals surface area contributed by atoms with Crippen molar-refractivity contribution in [2.24, 2.45) is 0 Å². The number of hydrogen-bond donors (Lipinski definition) is 0. The van der Waals surface area contributed by atoms with Crippen molar-refractivity contribution >= 4 is 76.3 Å². The molecule has 0 aliphatic heterocycles. The summed E-state index contributed by atoms with van der Waals surface area (Å²) >= 11 is 0. The molecule has 15 rings (SSSR count). The molecule has 0 spiro atoms. The van der Waals surface area contributed by atoms with Crippen LogP contribution in [0.15, 0.2) is 217 Å². The minimum absolute atomic E-state index is 0.286. The lowest BCUT2D eigenvalue weighted by Gasteiger charge is -2.24. The molecule has 0 N–H and O–H groups in total. The zero-order valence-electron chi connectivity index (χ0n) is 38.4. The molecule has 0 bridgehead atoms. The Kier molecular flexibility index (Phi) is 8.03. The van der Waals surface area contributed by atoms with E-state index in [1.807, 2.05) is 24.3 Å². The molecule has 4 heterocycles. The third kappa shape index (κ3) is 5.47. The standard InChI is InChI=1S/C64H41N5O/c1-64(2)52-27-12-8-21-43(52)47-25-16-26-50(57(47)64)62-65-61(39-18-4-3-5-19-39)66-63(67-62)69-54-29-14-10-23-45(54)49-34-33-48-44-22-9-13-28-53(44)68(58(48)59(49)69)55-37-42(41-32-31-38-17-6-7-20-40(38)35-41)36-51-46-24-11-15-30-56(46)70-60(51)55/h3-37H,1-2H3. The Morgan fingerprint density at radius 2 is 1.03 bits per heavy atom. The minimum atomic E-state index is -0.286. The molecule has 0 saturated heterocycles. The summed E-state index contributed by atoms with van der Waals surface area (Å²) in [7, 11) is 0. The number of nitrogens with zero attached hydrogens (tertiary/aromatic N) is 5. The third-order valence-corrected chi connectivity index (χ3v) is 14.9. The summed E-state index contributed by atoms with van der Waals surface area (Å²) in [6, 6.07) is 75.9. The van der Waals surface area contributed by atoms with Gasteiger partial charge in [-0.05, 0) is 80.6 Å². The van der Waals surface area contributed by atoms with Gasteiger partial charge in [0.05, 0.1) is 27.8 Å². The van der Waals surface area contributed by atoms with Crippen LogP contribution in [0.2, 0.25) is 0 Å². The molecule has 0 amide bonds. The number of aromatic nitrogens is 5. The zero-order chi connectivity index (χ0) is 46.2. The van der Waals surface area contributed by atoms with Crippen LogP contribution in [0.3, 0.4) is 0 Å². The van der Waals surface area contributed by atoms with Gasteiger partial charge in [0.2, 0.25) is 5.95 Å². The highest BCUT2D eigenvalue weighted by molar-refractivity contribution is 6.24.